The van der Waals surface area contributed by atoms with Gasteiger partial charge in [0.25, 0.3) is 0 Å². The van der Waals surface area contributed by atoms with Crippen molar-refractivity contribution >= 4 is 23.4 Å². The van der Waals surface area contributed by atoms with Crippen LogP contribution in [0.25, 0.3) is 0 Å². The first kappa shape index (κ1) is 19.6. The number of nitrogens with two attached hydrogens (primary N) is 1. The van der Waals surface area contributed by atoms with E-state index in [9.17, 15) is 5.26 Å². The normalized spacial score (nSPS) is 31.4. The van der Waals surface area contributed by atoms with Crippen LogP contribution in [0.5, 0.6) is 0 Å². The highest BCUT2D eigenvalue weighted by atomic mass is 35.5. The Morgan fingerprint density at radius 3 is 2.67 bits per heavy atom. The van der Waals surface area contributed by atoms with Crippen LogP contribution in [0.4, 0.5) is 11.8 Å². The molecule has 2 unspecified atom stereocenters. The lowest BCUT2D eigenvalue weighted by atomic mass is 9.48. The molecule has 6 nitrogen and oxygen atoms in total. The van der Waals surface area contributed by atoms with Gasteiger partial charge in [0, 0.05) is 24.2 Å². The van der Waals surface area contributed by atoms with Gasteiger partial charge < -0.3 is 16.4 Å². The molecule has 2 aromatic rings. The summed E-state index contributed by atoms with van der Waals surface area (Å²) in [7, 11) is 0. The molecule has 0 spiro atoms. The Bertz CT molecular complexity index is 970. The van der Waals surface area contributed by atoms with E-state index in [1.165, 1.54) is 32.1 Å². The van der Waals surface area contributed by atoms with E-state index in [-0.39, 0.29) is 5.41 Å². The Kier molecular flexibility index (Phi) is 5.04. The standard InChI is InChI=1S/C23H27ClN6/c24-19-4-2-1-3-15(19)11-27-22-28-12-18(10-25)21(30-22)29-13-23-7-14-5-16(8-23)20(26)17(6-14)9-23/h1-4,12,14,16-17,20H,5-9,11,13,26H2,(H2,27,28,29,30)/t14?,16-,17+,20+,23?. The molecular weight excluding hydrogens is 396 g/mol. The second kappa shape index (κ2) is 7.72. The van der Waals surface area contributed by atoms with Crippen LogP contribution in [0.3, 0.4) is 0 Å². The largest absolute Gasteiger partial charge is 0.368 e. The molecule has 4 fully saturated rings. The van der Waals surface area contributed by atoms with Crippen molar-refractivity contribution in [2.45, 2.75) is 44.7 Å². The van der Waals surface area contributed by atoms with E-state index in [4.69, 9.17) is 17.3 Å². The van der Waals surface area contributed by atoms with Gasteiger partial charge in [-0.3, -0.25) is 0 Å². The number of anilines is 2. The van der Waals surface area contributed by atoms with E-state index in [1.807, 2.05) is 24.3 Å². The van der Waals surface area contributed by atoms with Crippen LogP contribution in [0, 0.1) is 34.5 Å². The summed E-state index contributed by atoms with van der Waals surface area (Å²) < 4.78 is 0. The van der Waals surface area contributed by atoms with Gasteiger partial charge in [-0.15, -0.1) is 0 Å². The molecule has 4 aliphatic rings. The molecule has 4 aliphatic carbocycles. The summed E-state index contributed by atoms with van der Waals surface area (Å²) >= 11 is 6.23. The van der Waals surface area contributed by atoms with Crippen LogP contribution in [0.2, 0.25) is 5.02 Å². The second-order valence-electron chi connectivity index (χ2n) is 9.41. The number of hydrogen-bond donors (Lipinski definition) is 3. The number of rotatable bonds is 6. The first-order chi connectivity index (χ1) is 14.5. The third-order valence-corrected chi connectivity index (χ3v) is 7.78. The summed E-state index contributed by atoms with van der Waals surface area (Å²) in [5.74, 6) is 3.23. The number of hydrogen-bond acceptors (Lipinski definition) is 6. The van der Waals surface area contributed by atoms with Crippen molar-refractivity contribution in [3.63, 3.8) is 0 Å². The first-order valence-electron chi connectivity index (χ1n) is 10.8. The molecule has 1 aromatic carbocycles. The van der Waals surface area contributed by atoms with Gasteiger partial charge in [-0.05, 0) is 66.9 Å². The van der Waals surface area contributed by atoms with E-state index in [1.54, 1.807) is 6.20 Å². The number of nitrogens with one attached hydrogen (secondary N) is 2. The summed E-state index contributed by atoms with van der Waals surface area (Å²) in [6.07, 6.45) is 7.83. The van der Waals surface area contributed by atoms with Crippen LogP contribution in [0.1, 0.15) is 43.2 Å². The smallest absolute Gasteiger partial charge is 0.224 e. The molecule has 156 valence electrons. The maximum Gasteiger partial charge on any atom is 0.224 e. The molecule has 7 heteroatoms. The van der Waals surface area contributed by atoms with E-state index < -0.39 is 0 Å². The molecule has 0 aliphatic heterocycles. The summed E-state index contributed by atoms with van der Waals surface area (Å²) in [6, 6.07) is 10.3. The highest BCUT2D eigenvalue weighted by molar-refractivity contribution is 6.31. The second-order valence-corrected chi connectivity index (χ2v) is 9.82. The van der Waals surface area contributed by atoms with Gasteiger partial charge in [-0.1, -0.05) is 29.8 Å². The van der Waals surface area contributed by atoms with Gasteiger partial charge in [0.1, 0.15) is 17.5 Å². The molecule has 30 heavy (non-hydrogen) atoms. The maximum atomic E-state index is 9.52. The van der Waals surface area contributed by atoms with Gasteiger partial charge in [0.2, 0.25) is 5.95 Å². The topological polar surface area (TPSA) is 99.6 Å². The molecule has 5 atom stereocenters. The van der Waals surface area contributed by atoms with Crippen molar-refractivity contribution in [3.8, 4) is 6.07 Å². The van der Waals surface area contributed by atoms with Crippen molar-refractivity contribution in [3.05, 3.63) is 46.6 Å². The van der Waals surface area contributed by atoms with Crippen LogP contribution < -0.4 is 16.4 Å². The number of halogens is 1. The zero-order chi connectivity index (χ0) is 20.7. The third-order valence-electron chi connectivity index (χ3n) is 7.41. The van der Waals surface area contributed by atoms with Gasteiger partial charge in [-0.2, -0.15) is 10.2 Å². The van der Waals surface area contributed by atoms with Crippen molar-refractivity contribution in [1.29, 1.82) is 5.26 Å². The van der Waals surface area contributed by atoms with Crippen molar-refractivity contribution in [2.24, 2.45) is 28.9 Å². The summed E-state index contributed by atoms with van der Waals surface area (Å²) in [6.45, 7) is 1.37. The lowest BCUT2D eigenvalue weighted by Gasteiger charge is -2.59. The third kappa shape index (κ3) is 3.61. The fraction of sp³-hybridized carbons (Fsp3) is 0.522. The highest BCUT2D eigenvalue weighted by Gasteiger charge is 2.54. The molecule has 6 rings (SSSR count). The van der Waals surface area contributed by atoms with Gasteiger partial charge >= 0.3 is 0 Å². The number of aromatic nitrogens is 2. The maximum absolute atomic E-state index is 9.52. The van der Waals surface area contributed by atoms with Crippen LogP contribution in [0.15, 0.2) is 30.5 Å². The zero-order valence-electron chi connectivity index (χ0n) is 16.9. The molecule has 0 radical (unpaired) electrons. The van der Waals surface area contributed by atoms with Crippen molar-refractivity contribution in [1.82, 2.24) is 9.97 Å². The number of nitrogens with zero attached hydrogens (tertiary/aromatic N) is 3. The molecule has 1 heterocycles. The molecule has 1 aromatic heterocycles. The predicted molar refractivity (Wildman–Crippen MR) is 118 cm³/mol. The lowest BCUT2D eigenvalue weighted by Crippen LogP contribution is -2.58. The van der Waals surface area contributed by atoms with E-state index >= 15 is 0 Å². The van der Waals surface area contributed by atoms with Crippen LogP contribution in [-0.2, 0) is 6.54 Å². The van der Waals surface area contributed by atoms with Crippen LogP contribution >= 0.6 is 11.6 Å². The molecule has 4 N–H and O–H groups in total. The molecule has 4 saturated carbocycles. The molecule has 0 amide bonds. The van der Waals surface area contributed by atoms with Crippen LogP contribution in [-0.4, -0.2) is 22.6 Å². The summed E-state index contributed by atoms with van der Waals surface area (Å²) in [4.78, 5) is 8.89. The number of benzene rings is 1. The average Bonchev–Trinajstić information content (AvgIpc) is 2.75. The SMILES string of the molecule is N#Cc1cnc(NCc2ccccc2Cl)nc1NCC12CC3C[C@H](C1)[C@H](N)[C@@H](C3)C2. The monoisotopic (exact) mass is 422 g/mol. The Balaban J connectivity index is 1.29. The Hall–Kier alpha value is -2.36. The van der Waals surface area contributed by atoms with Crippen molar-refractivity contribution in [2.75, 3.05) is 17.2 Å². The van der Waals surface area contributed by atoms with E-state index in [0.29, 0.717) is 46.8 Å². The zero-order valence-corrected chi connectivity index (χ0v) is 17.7. The molecule has 4 bridgehead atoms. The number of nitriles is 1. The lowest BCUT2D eigenvalue weighted by molar-refractivity contribution is -0.0591. The van der Waals surface area contributed by atoms with Gasteiger partial charge in [0.05, 0.1) is 6.20 Å². The minimum Gasteiger partial charge on any atom is -0.368 e. The molecular formula is C23H27ClN6. The highest BCUT2D eigenvalue weighted by Crippen LogP contribution is 2.59. The van der Waals surface area contributed by atoms with Gasteiger partial charge in [-0.25, -0.2) is 4.98 Å². The fourth-order valence-electron chi connectivity index (χ4n) is 6.22. The Morgan fingerprint density at radius 1 is 1.17 bits per heavy atom. The quantitative estimate of drug-likeness (QED) is 0.645. The minimum atomic E-state index is 0.287. The fourth-order valence-corrected chi connectivity index (χ4v) is 6.42. The van der Waals surface area contributed by atoms with E-state index in [0.717, 1.165) is 18.0 Å². The molecule has 0 saturated heterocycles. The Morgan fingerprint density at radius 2 is 1.93 bits per heavy atom. The predicted octanol–water partition coefficient (Wildman–Crippen LogP) is 4.18. The average molecular weight is 423 g/mol. The van der Waals surface area contributed by atoms with E-state index in [2.05, 4.69) is 26.7 Å². The summed E-state index contributed by atoms with van der Waals surface area (Å²) in [5, 5.41) is 17.0. The Labute approximate surface area is 182 Å². The summed E-state index contributed by atoms with van der Waals surface area (Å²) in [5.41, 5.74) is 8.23. The van der Waals surface area contributed by atoms with Gasteiger partial charge in [0.15, 0.2) is 0 Å². The first-order valence-corrected chi connectivity index (χ1v) is 11.2. The van der Waals surface area contributed by atoms with Crippen molar-refractivity contribution < 1.29 is 0 Å². The minimum absolute atomic E-state index is 0.287.